The number of anilines is 3. The molecule has 376 valence electrons. The maximum Gasteiger partial charge on any atom is 0.355 e. The molecule has 2 saturated heterocycles. The van der Waals surface area contributed by atoms with E-state index >= 15 is 8.78 Å². The summed E-state index contributed by atoms with van der Waals surface area (Å²) in [4.78, 5) is 66.2. The molecule has 0 spiro atoms. The first kappa shape index (κ1) is 48.2. The lowest BCUT2D eigenvalue weighted by atomic mass is 9.92. The summed E-state index contributed by atoms with van der Waals surface area (Å²) >= 11 is 1.41. The van der Waals surface area contributed by atoms with Crippen LogP contribution in [-0.2, 0) is 36.0 Å². The minimum atomic E-state index is -3.00. The van der Waals surface area contributed by atoms with Crippen LogP contribution in [0.5, 0.6) is 11.5 Å². The number of aromatic carboxylic acids is 1. The fraction of sp³-hybridized carbons (Fsp3) is 0.268. The zero-order chi connectivity index (χ0) is 51.3. The van der Waals surface area contributed by atoms with E-state index in [-0.39, 0.29) is 29.8 Å². The van der Waals surface area contributed by atoms with Crippen LogP contribution in [0.15, 0.2) is 115 Å². The number of ether oxygens (including phenoxy) is 1. The molecule has 2 fully saturated rings. The molecule has 5 aromatic carbocycles. The monoisotopic (exact) mass is 1020 g/mol. The smallest absolute Gasteiger partial charge is 0.355 e. The lowest BCUT2D eigenvalue weighted by molar-refractivity contribution is -0.134. The normalized spacial score (nSPS) is 16.4. The molecule has 1 atom stereocenters. The minimum Gasteiger partial charge on any atom is -0.476 e. The Kier molecular flexibility index (Phi) is 12.9. The number of aryl methyl sites for hydroxylation is 1. The quantitative estimate of drug-likeness (QED) is 0.0935. The Morgan fingerprint density at radius 2 is 1.64 bits per heavy atom. The largest absolute Gasteiger partial charge is 0.476 e. The van der Waals surface area contributed by atoms with Crippen molar-refractivity contribution in [3.8, 4) is 22.6 Å². The highest BCUT2D eigenvalue weighted by Gasteiger charge is 2.35. The molecule has 8 aromatic rings. The molecule has 6 heterocycles. The van der Waals surface area contributed by atoms with Gasteiger partial charge in [0.15, 0.2) is 10.8 Å². The van der Waals surface area contributed by atoms with Crippen LogP contribution in [0.2, 0.25) is 0 Å². The van der Waals surface area contributed by atoms with Gasteiger partial charge >= 0.3 is 5.97 Å². The van der Waals surface area contributed by atoms with Crippen LogP contribution in [0.4, 0.5) is 25.4 Å². The molecule has 74 heavy (non-hydrogen) atoms. The number of thiazole rings is 1. The number of piperazine rings is 1. The second kappa shape index (κ2) is 19.7. The summed E-state index contributed by atoms with van der Waals surface area (Å²) in [5.74, 6) is -4.24. The van der Waals surface area contributed by atoms with Gasteiger partial charge in [-0.1, -0.05) is 72.0 Å². The van der Waals surface area contributed by atoms with Gasteiger partial charge in [-0.2, -0.15) is 5.10 Å². The third-order valence-electron chi connectivity index (χ3n) is 14.2. The first-order valence-electron chi connectivity index (χ1n) is 24.5. The van der Waals surface area contributed by atoms with Gasteiger partial charge in [-0.05, 0) is 102 Å². The highest BCUT2D eigenvalue weighted by Crippen LogP contribution is 2.38. The Bertz CT molecular complexity index is 3480. The van der Waals surface area contributed by atoms with Crippen LogP contribution in [0, 0.1) is 6.92 Å². The number of carboxylic acids is 1. The van der Waals surface area contributed by atoms with E-state index < -0.39 is 30.8 Å². The zero-order valence-corrected chi connectivity index (χ0v) is 41.4. The van der Waals surface area contributed by atoms with E-state index in [0.29, 0.717) is 108 Å². The molecule has 0 bridgehead atoms. The minimum absolute atomic E-state index is 0.132. The van der Waals surface area contributed by atoms with Crippen LogP contribution >= 0.6 is 11.3 Å². The van der Waals surface area contributed by atoms with Gasteiger partial charge < -0.3 is 19.6 Å². The lowest BCUT2D eigenvalue weighted by Gasteiger charge is -2.37. The summed E-state index contributed by atoms with van der Waals surface area (Å²) in [6.07, 6.45) is 0.832. The molecule has 3 aromatic heterocycles. The lowest BCUT2D eigenvalue weighted by Crippen LogP contribution is -2.50. The molecule has 15 nitrogen and oxygen atoms in total. The van der Waals surface area contributed by atoms with Gasteiger partial charge in [0, 0.05) is 75.7 Å². The van der Waals surface area contributed by atoms with E-state index in [1.54, 1.807) is 64.2 Å². The number of nitrogens with zero attached hydrogens (tertiary/aromatic N) is 7. The van der Waals surface area contributed by atoms with Crippen molar-refractivity contribution in [3.05, 3.63) is 154 Å². The number of hydrogen-bond acceptors (Lipinski definition) is 12. The van der Waals surface area contributed by atoms with Crippen molar-refractivity contribution in [1.29, 1.82) is 0 Å². The molecule has 3 aliphatic rings. The van der Waals surface area contributed by atoms with E-state index in [4.69, 9.17) is 9.84 Å². The number of fused-ring (bicyclic) bond motifs is 3. The number of imide groups is 1. The fourth-order valence-corrected chi connectivity index (χ4v) is 11.4. The average molecular weight is 1020 g/mol. The number of carboxylic acid groups (broad SMARTS) is 1. The summed E-state index contributed by atoms with van der Waals surface area (Å²) in [6.45, 7) is 4.30. The number of alkyl halides is 2. The topological polar surface area (TPSA) is 175 Å². The van der Waals surface area contributed by atoms with Gasteiger partial charge in [-0.3, -0.25) is 34.6 Å². The molecular formula is C56H51F2N9O6S. The molecule has 1 unspecified atom stereocenters. The Labute approximate surface area is 428 Å². The van der Waals surface area contributed by atoms with Crippen molar-refractivity contribution < 1.29 is 37.8 Å². The van der Waals surface area contributed by atoms with Crippen LogP contribution < -0.4 is 25.2 Å². The number of rotatable bonds is 13. The van der Waals surface area contributed by atoms with Crippen LogP contribution in [-0.4, -0.2) is 98.6 Å². The second-order valence-corrected chi connectivity index (χ2v) is 20.1. The maximum atomic E-state index is 15.7. The van der Waals surface area contributed by atoms with Crippen LogP contribution in [0.25, 0.3) is 32.2 Å². The molecule has 0 saturated carbocycles. The highest BCUT2D eigenvalue weighted by atomic mass is 32.1. The van der Waals surface area contributed by atoms with Crippen molar-refractivity contribution in [1.82, 2.24) is 30.0 Å². The molecule has 3 aliphatic heterocycles. The summed E-state index contributed by atoms with van der Waals surface area (Å²) < 4.78 is 40.5. The molecule has 11 rings (SSSR count). The number of amides is 3. The number of aromatic nitrogens is 4. The average Bonchev–Trinajstić information content (AvgIpc) is 3.97. The predicted octanol–water partition coefficient (Wildman–Crippen LogP) is 9.38. The van der Waals surface area contributed by atoms with Gasteiger partial charge in [-0.25, -0.2) is 23.5 Å². The van der Waals surface area contributed by atoms with Gasteiger partial charge in [0.2, 0.25) is 11.8 Å². The fourth-order valence-electron chi connectivity index (χ4n) is 10.5. The summed E-state index contributed by atoms with van der Waals surface area (Å²) in [6, 6.07) is 34.7. The number of para-hydroxylation sites is 2. The molecular weight excluding hydrogens is 965 g/mol. The number of benzene rings is 5. The van der Waals surface area contributed by atoms with Gasteiger partial charge in [-0.15, -0.1) is 0 Å². The third kappa shape index (κ3) is 9.65. The van der Waals surface area contributed by atoms with Gasteiger partial charge in [0.25, 0.3) is 11.8 Å². The number of nitrogens with one attached hydrogen (secondary N) is 2. The van der Waals surface area contributed by atoms with Crippen LogP contribution in [0.3, 0.4) is 0 Å². The van der Waals surface area contributed by atoms with Crippen molar-refractivity contribution in [2.75, 3.05) is 54.4 Å². The zero-order valence-electron chi connectivity index (χ0n) is 40.6. The number of carbonyl (C=O) groups excluding carboxylic acids is 3. The van der Waals surface area contributed by atoms with Crippen LogP contribution in [0.1, 0.15) is 67.6 Å². The molecule has 18 heteroatoms. The van der Waals surface area contributed by atoms with E-state index in [0.717, 1.165) is 37.9 Å². The van der Waals surface area contributed by atoms with E-state index in [9.17, 15) is 24.3 Å². The number of piperidine rings is 1. The standard InChI is InChI=1S/C56H51F2N9O6S/c1-33-37(38-20-22-47(60-50(38)54(71)72)67-25-24-35-8-5-10-39(42(35)31-67)52(69)62-55-59-43-12-3-4-15-46(43)74-55)9-7-14-45(33)73-36-18-16-34(17-19-36)30-56(57,58)32-65-26-28-66(29-27-65)44-13-6-11-40-49(63-64(2)51(40)44)41-21-23-48(68)61-53(41)70/h3-20,22,41H,21,23-32H2,1-2H3,(H,71,72)(H,59,62,69)(H,61,68,70). The Hall–Kier alpha value is -8.09. The van der Waals surface area contributed by atoms with Crippen molar-refractivity contribution >= 4 is 72.8 Å². The summed E-state index contributed by atoms with van der Waals surface area (Å²) in [5.41, 5.74) is 7.64. The Morgan fingerprint density at radius 3 is 2.42 bits per heavy atom. The molecule has 3 amide bonds. The third-order valence-corrected chi connectivity index (χ3v) is 15.2. The number of pyridine rings is 1. The van der Waals surface area contributed by atoms with Gasteiger partial charge in [0.05, 0.1) is 39.6 Å². The number of halogens is 2. The van der Waals surface area contributed by atoms with E-state index in [2.05, 4.69) is 25.5 Å². The molecule has 0 aliphatic carbocycles. The Morgan fingerprint density at radius 1 is 0.851 bits per heavy atom. The summed E-state index contributed by atoms with van der Waals surface area (Å²) in [7, 11) is 1.83. The van der Waals surface area contributed by atoms with E-state index in [1.807, 2.05) is 79.5 Å². The first-order chi connectivity index (χ1) is 35.7. The number of hydrogen-bond donors (Lipinski definition) is 3. The van der Waals surface area contributed by atoms with Gasteiger partial charge in [0.1, 0.15) is 17.3 Å². The van der Waals surface area contributed by atoms with Crippen molar-refractivity contribution in [2.24, 2.45) is 7.05 Å². The van der Waals surface area contributed by atoms with Crippen molar-refractivity contribution in [3.63, 3.8) is 0 Å². The SMILES string of the molecule is Cc1c(Oc2ccc(CC(F)(F)CN3CCN(c4cccc5c(C6CCC(=O)NC6=O)nn(C)c45)CC3)cc2)cccc1-c1ccc(N2CCc3cccc(C(=O)Nc4nc5ccccc5s4)c3C2)nc1C(=O)O. The molecule has 3 N–H and O–H groups in total. The first-order valence-corrected chi connectivity index (χ1v) is 25.3. The van der Waals surface area contributed by atoms with E-state index in [1.165, 1.54) is 11.3 Å². The number of carbonyl (C=O) groups is 4. The van der Waals surface area contributed by atoms with Crippen molar-refractivity contribution in [2.45, 2.75) is 51.0 Å². The Balaban J connectivity index is 0.721. The second-order valence-electron chi connectivity index (χ2n) is 19.1. The summed E-state index contributed by atoms with van der Waals surface area (Å²) in [5, 5.41) is 22.0. The molecule has 0 radical (unpaired) electrons. The maximum absolute atomic E-state index is 15.7. The highest BCUT2D eigenvalue weighted by molar-refractivity contribution is 7.22. The predicted molar refractivity (Wildman–Crippen MR) is 280 cm³/mol.